The smallest absolute Gasteiger partial charge is 0.158 e. The summed E-state index contributed by atoms with van der Waals surface area (Å²) in [4.78, 5) is 16.2. The molecule has 3 aromatic rings. The SMILES string of the molecule is C=Nc1c(/C(=N\COCCCN2CCCC2)N2CC3CCCN3C2)cc(Cl)c(-c2cccc3ccccc23)c1F. The van der Waals surface area contributed by atoms with Crippen molar-refractivity contribution in [3.8, 4) is 11.1 Å². The van der Waals surface area contributed by atoms with Crippen molar-refractivity contribution >= 4 is 40.6 Å². The Balaban J connectivity index is 1.31. The van der Waals surface area contributed by atoms with Gasteiger partial charge in [0.1, 0.15) is 18.3 Å². The van der Waals surface area contributed by atoms with Gasteiger partial charge in [0.25, 0.3) is 0 Å². The predicted molar refractivity (Wildman–Crippen MR) is 163 cm³/mol. The fourth-order valence-electron chi connectivity index (χ4n) is 6.52. The Morgan fingerprint density at radius 3 is 2.73 bits per heavy atom. The highest BCUT2D eigenvalue weighted by atomic mass is 35.5. The molecule has 3 heterocycles. The molecule has 0 bridgehead atoms. The van der Waals surface area contributed by atoms with Crippen LogP contribution >= 0.6 is 11.6 Å². The number of halogens is 2. The molecule has 3 aromatic carbocycles. The lowest BCUT2D eigenvalue weighted by Gasteiger charge is -2.24. The van der Waals surface area contributed by atoms with E-state index in [1.807, 2.05) is 42.5 Å². The van der Waals surface area contributed by atoms with Crippen molar-refractivity contribution < 1.29 is 9.13 Å². The molecule has 0 N–H and O–H groups in total. The van der Waals surface area contributed by atoms with Crippen LogP contribution < -0.4 is 0 Å². The topological polar surface area (TPSA) is 43.7 Å². The van der Waals surface area contributed by atoms with Gasteiger partial charge in [-0.1, -0.05) is 54.1 Å². The lowest BCUT2D eigenvalue weighted by atomic mass is 9.95. The molecule has 8 heteroatoms. The van der Waals surface area contributed by atoms with Gasteiger partial charge in [-0.25, -0.2) is 9.38 Å². The van der Waals surface area contributed by atoms with Crippen molar-refractivity contribution in [3.05, 3.63) is 64.9 Å². The molecule has 210 valence electrons. The summed E-state index contributed by atoms with van der Waals surface area (Å²) in [5, 5.41) is 2.29. The van der Waals surface area contributed by atoms with Crippen LogP contribution in [0.2, 0.25) is 5.02 Å². The van der Waals surface area contributed by atoms with E-state index < -0.39 is 5.82 Å². The molecule has 0 radical (unpaired) electrons. The predicted octanol–water partition coefficient (Wildman–Crippen LogP) is 6.58. The molecule has 1 unspecified atom stereocenters. The van der Waals surface area contributed by atoms with E-state index in [0.29, 0.717) is 34.6 Å². The summed E-state index contributed by atoms with van der Waals surface area (Å²) in [5.74, 6) is 0.189. The van der Waals surface area contributed by atoms with Crippen LogP contribution in [0.15, 0.2) is 58.5 Å². The Hall–Kier alpha value is -2.84. The van der Waals surface area contributed by atoms with Crippen LogP contribution in [0.5, 0.6) is 0 Å². The van der Waals surface area contributed by atoms with E-state index in [9.17, 15) is 0 Å². The van der Waals surface area contributed by atoms with E-state index >= 15 is 4.39 Å². The third-order valence-electron chi connectivity index (χ3n) is 8.50. The van der Waals surface area contributed by atoms with Gasteiger partial charge in [0, 0.05) is 36.8 Å². The van der Waals surface area contributed by atoms with Crippen LogP contribution in [0, 0.1) is 5.82 Å². The molecule has 3 aliphatic rings. The van der Waals surface area contributed by atoms with Gasteiger partial charge in [-0.3, -0.25) is 9.89 Å². The molecule has 0 spiro atoms. The Morgan fingerprint density at radius 1 is 1.07 bits per heavy atom. The number of benzene rings is 3. The number of hydrogen-bond donors (Lipinski definition) is 0. The van der Waals surface area contributed by atoms with Crippen LogP contribution in [-0.4, -0.2) is 86.0 Å². The second-order valence-electron chi connectivity index (χ2n) is 11.0. The second kappa shape index (κ2) is 12.4. The molecule has 6 nitrogen and oxygen atoms in total. The molecule has 0 amide bonds. The number of aliphatic imine (C=N–C) groups is 2. The van der Waals surface area contributed by atoms with Crippen LogP contribution in [0.3, 0.4) is 0 Å². The van der Waals surface area contributed by atoms with Gasteiger partial charge in [-0.2, -0.15) is 0 Å². The maximum atomic E-state index is 16.4. The van der Waals surface area contributed by atoms with Crippen molar-refractivity contribution in [1.29, 1.82) is 0 Å². The highest BCUT2D eigenvalue weighted by Gasteiger charge is 2.36. The Bertz CT molecular complexity index is 1390. The zero-order valence-electron chi connectivity index (χ0n) is 23.0. The third kappa shape index (κ3) is 5.53. The Kier molecular flexibility index (Phi) is 8.44. The fraction of sp³-hybridized carbons (Fsp3) is 0.438. The molecule has 3 aliphatic heterocycles. The first kappa shape index (κ1) is 27.3. The van der Waals surface area contributed by atoms with Gasteiger partial charge in [-0.15, -0.1) is 0 Å². The highest BCUT2D eigenvalue weighted by molar-refractivity contribution is 6.34. The van der Waals surface area contributed by atoms with Crippen molar-refractivity contribution in [2.75, 3.05) is 52.7 Å². The van der Waals surface area contributed by atoms with Crippen molar-refractivity contribution in [1.82, 2.24) is 14.7 Å². The summed E-state index contributed by atoms with van der Waals surface area (Å²) in [6.45, 7) is 10.7. The number of rotatable bonds is 9. The van der Waals surface area contributed by atoms with Crippen LogP contribution in [0.4, 0.5) is 10.1 Å². The molecule has 0 aromatic heterocycles. The second-order valence-corrected chi connectivity index (χ2v) is 11.4. The van der Waals surface area contributed by atoms with Crippen molar-refractivity contribution in [3.63, 3.8) is 0 Å². The molecule has 0 aliphatic carbocycles. The third-order valence-corrected chi connectivity index (χ3v) is 8.80. The number of nitrogens with zero attached hydrogens (tertiary/aromatic N) is 5. The summed E-state index contributed by atoms with van der Waals surface area (Å²) in [5.41, 5.74) is 1.80. The van der Waals surface area contributed by atoms with E-state index in [-0.39, 0.29) is 12.4 Å². The van der Waals surface area contributed by atoms with Crippen molar-refractivity contribution in [2.24, 2.45) is 9.98 Å². The number of fused-ring (bicyclic) bond motifs is 2. The minimum absolute atomic E-state index is 0.173. The highest BCUT2D eigenvalue weighted by Crippen LogP contribution is 2.42. The van der Waals surface area contributed by atoms with E-state index in [2.05, 4.69) is 26.4 Å². The average Bonchev–Trinajstić information content (AvgIpc) is 3.72. The van der Waals surface area contributed by atoms with Crippen LogP contribution in [0.1, 0.15) is 37.7 Å². The van der Waals surface area contributed by atoms with Gasteiger partial charge in [0.2, 0.25) is 0 Å². The standard InChI is InChI=1S/C32H37ClFN5O/c1-35-31-27(19-28(33)29(30(31)34)26-13-6-10-23-9-2-3-12-25(23)26)32(39-20-24-11-7-17-38(24)22-39)36-21-40-18-8-16-37-14-4-5-15-37/h2-3,6,9-10,12-13,19,24H,1,4-5,7-8,11,14-18,20-22H2/b36-32+. The summed E-state index contributed by atoms with van der Waals surface area (Å²) in [7, 11) is 0. The normalized spacial score (nSPS) is 20.1. The largest absolute Gasteiger partial charge is 0.359 e. The zero-order valence-corrected chi connectivity index (χ0v) is 23.8. The quantitative estimate of drug-likeness (QED) is 0.168. The summed E-state index contributed by atoms with van der Waals surface area (Å²) < 4.78 is 22.3. The molecule has 6 rings (SSSR count). The molecule has 40 heavy (non-hydrogen) atoms. The summed E-state index contributed by atoms with van der Waals surface area (Å²) in [6.07, 6.45) is 5.94. The summed E-state index contributed by atoms with van der Waals surface area (Å²) >= 11 is 6.89. The lowest BCUT2D eigenvalue weighted by molar-refractivity contribution is 0.130. The van der Waals surface area contributed by atoms with E-state index in [1.165, 1.54) is 38.8 Å². The van der Waals surface area contributed by atoms with E-state index in [1.54, 1.807) is 6.07 Å². The average molecular weight is 562 g/mol. The molecule has 3 saturated heterocycles. The Labute approximate surface area is 241 Å². The van der Waals surface area contributed by atoms with Gasteiger partial charge < -0.3 is 14.5 Å². The first-order valence-corrected chi connectivity index (χ1v) is 14.8. The molecular formula is C32H37ClFN5O. The number of likely N-dealkylation sites (tertiary alicyclic amines) is 1. The maximum absolute atomic E-state index is 16.4. The maximum Gasteiger partial charge on any atom is 0.158 e. The molecule has 3 fully saturated rings. The zero-order chi connectivity index (χ0) is 27.5. The van der Waals surface area contributed by atoms with Gasteiger partial charge in [0.15, 0.2) is 5.82 Å². The minimum Gasteiger partial charge on any atom is -0.359 e. The first-order chi connectivity index (χ1) is 19.6. The fourth-order valence-corrected chi connectivity index (χ4v) is 6.81. The molecule has 1 atom stereocenters. The van der Waals surface area contributed by atoms with E-state index in [4.69, 9.17) is 21.3 Å². The summed E-state index contributed by atoms with van der Waals surface area (Å²) in [6, 6.07) is 16.1. The number of hydrogen-bond acceptors (Lipinski definition) is 5. The molecular weight excluding hydrogens is 525 g/mol. The minimum atomic E-state index is -0.479. The lowest BCUT2D eigenvalue weighted by Crippen LogP contribution is -2.33. The number of ether oxygens (including phenoxy) is 1. The monoisotopic (exact) mass is 561 g/mol. The van der Waals surface area contributed by atoms with Crippen molar-refractivity contribution in [2.45, 2.75) is 38.1 Å². The van der Waals surface area contributed by atoms with Gasteiger partial charge in [-0.05, 0) is 74.3 Å². The van der Waals surface area contributed by atoms with E-state index in [0.717, 1.165) is 49.1 Å². The van der Waals surface area contributed by atoms with Crippen LogP contribution in [0.25, 0.3) is 21.9 Å². The van der Waals surface area contributed by atoms with Crippen LogP contribution in [-0.2, 0) is 4.74 Å². The first-order valence-electron chi connectivity index (χ1n) is 14.4. The number of amidine groups is 1. The Morgan fingerprint density at radius 2 is 1.90 bits per heavy atom. The van der Waals surface area contributed by atoms with Gasteiger partial charge >= 0.3 is 0 Å². The molecule has 0 saturated carbocycles. The van der Waals surface area contributed by atoms with Gasteiger partial charge in [0.05, 0.1) is 18.3 Å².